The number of amides is 2. The molecule has 6 nitrogen and oxygen atoms in total. The summed E-state index contributed by atoms with van der Waals surface area (Å²) in [6.45, 7) is 1.62. The minimum Gasteiger partial charge on any atom is -0.343 e. The molecule has 3 heterocycles. The van der Waals surface area contributed by atoms with Crippen molar-refractivity contribution in [3.63, 3.8) is 0 Å². The second-order valence-electron chi connectivity index (χ2n) is 5.02. The Morgan fingerprint density at radius 3 is 2.81 bits per heavy atom. The molecule has 0 bridgehead atoms. The van der Waals surface area contributed by atoms with Gasteiger partial charge in [0.05, 0.1) is 23.8 Å². The average molecular weight is 284 g/mol. The molecule has 3 rings (SSSR count). The van der Waals surface area contributed by atoms with Gasteiger partial charge in [-0.25, -0.2) is 0 Å². The van der Waals surface area contributed by atoms with E-state index in [2.05, 4.69) is 15.3 Å². The molecule has 2 amide bonds. The lowest BCUT2D eigenvalue weighted by Crippen LogP contribution is -2.38. The van der Waals surface area contributed by atoms with E-state index >= 15 is 0 Å². The number of nitrogens with one attached hydrogen (secondary N) is 1. The van der Waals surface area contributed by atoms with Gasteiger partial charge in [-0.15, -0.1) is 0 Å². The SMILES string of the molecule is O=C(NCC(=O)N1CCCC1)c1ccnc2cnccc12. The number of pyridine rings is 2. The number of fused-ring (bicyclic) bond motifs is 1. The van der Waals surface area contributed by atoms with Crippen molar-refractivity contribution in [2.75, 3.05) is 19.6 Å². The molecule has 1 aliphatic rings. The van der Waals surface area contributed by atoms with Gasteiger partial charge in [-0.2, -0.15) is 0 Å². The molecule has 0 saturated carbocycles. The van der Waals surface area contributed by atoms with Gasteiger partial charge in [-0.1, -0.05) is 0 Å². The van der Waals surface area contributed by atoms with Gasteiger partial charge in [-0.05, 0) is 25.0 Å². The molecule has 6 heteroatoms. The summed E-state index contributed by atoms with van der Waals surface area (Å²) in [4.78, 5) is 34.1. The lowest BCUT2D eigenvalue weighted by Gasteiger charge is -2.15. The minimum atomic E-state index is -0.263. The van der Waals surface area contributed by atoms with Crippen LogP contribution in [0.4, 0.5) is 0 Å². The highest BCUT2D eigenvalue weighted by molar-refractivity contribution is 6.06. The zero-order valence-electron chi connectivity index (χ0n) is 11.6. The molecule has 0 unspecified atom stereocenters. The number of hydrogen-bond donors (Lipinski definition) is 1. The Labute approximate surface area is 122 Å². The molecule has 0 atom stereocenters. The van der Waals surface area contributed by atoms with Crippen molar-refractivity contribution < 1.29 is 9.59 Å². The Morgan fingerprint density at radius 1 is 1.19 bits per heavy atom. The Bertz CT molecular complexity index is 675. The molecule has 0 aromatic carbocycles. The van der Waals surface area contributed by atoms with Crippen LogP contribution in [0, 0.1) is 0 Å². The van der Waals surface area contributed by atoms with Crippen LogP contribution in [0.3, 0.4) is 0 Å². The van der Waals surface area contributed by atoms with Gasteiger partial charge in [0.2, 0.25) is 5.91 Å². The Hall–Kier alpha value is -2.50. The summed E-state index contributed by atoms with van der Waals surface area (Å²) in [6.07, 6.45) is 6.89. The number of aromatic nitrogens is 2. The topological polar surface area (TPSA) is 75.2 Å². The summed E-state index contributed by atoms with van der Waals surface area (Å²) in [5, 5.41) is 3.42. The number of likely N-dealkylation sites (tertiary alicyclic amines) is 1. The van der Waals surface area contributed by atoms with E-state index in [1.165, 1.54) is 0 Å². The predicted octanol–water partition coefficient (Wildman–Crippen LogP) is 0.982. The highest BCUT2D eigenvalue weighted by Crippen LogP contribution is 2.14. The van der Waals surface area contributed by atoms with E-state index in [-0.39, 0.29) is 18.4 Å². The number of nitrogens with zero attached hydrogens (tertiary/aromatic N) is 3. The lowest BCUT2D eigenvalue weighted by atomic mass is 10.1. The Morgan fingerprint density at radius 2 is 2.00 bits per heavy atom. The first kappa shape index (κ1) is 13.5. The van der Waals surface area contributed by atoms with E-state index in [9.17, 15) is 9.59 Å². The van der Waals surface area contributed by atoms with Gasteiger partial charge in [0.25, 0.3) is 5.91 Å². The number of carbonyl (C=O) groups excluding carboxylic acids is 2. The monoisotopic (exact) mass is 284 g/mol. The van der Waals surface area contributed by atoms with E-state index < -0.39 is 0 Å². The molecular formula is C15H16N4O2. The second-order valence-corrected chi connectivity index (χ2v) is 5.02. The third kappa shape index (κ3) is 2.84. The van der Waals surface area contributed by atoms with Crippen molar-refractivity contribution >= 4 is 22.7 Å². The van der Waals surface area contributed by atoms with Crippen LogP contribution in [-0.2, 0) is 4.79 Å². The van der Waals surface area contributed by atoms with Crippen molar-refractivity contribution in [2.45, 2.75) is 12.8 Å². The smallest absolute Gasteiger partial charge is 0.252 e. The summed E-state index contributed by atoms with van der Waals surface area (Å²) in [6, 6.07) is 3.40. The standard InChI is InChI=1S/C15H16N4O2/c20-14(19-7-1-2-8-19)10-18-15(21)12-4-6-17-13-9-16-5-3-11(12)13/h3-6,9H,1-2,7-8,10H2,(H,18,21). The zero-order valence-corrected chi connectivity index (χ0v) is 11.6. The van der Waals surface area contributed by atoms with Crippen molar-refractivity contribution in [1.82, 2.24) is 20.2 Å². The normalized spacial score (nSPS) is 14.4. The van der Waals surface area contributed by atoms with Crippen molar-refractivity contribution in [3.8, 4) is 0 Å². The molecule has 1 saturated heterocycles. The van der Waals surface area contributed by atoms with Crippen LogP contribution in [0.2, 0.25) is 0 Å². The molecule has 2 aromatic heterocycles. The molecule has 1 aliphatic heterocycles. The Balaban J connectivity index is 1.71. The number of hydrogen-bond acceptors (Lipinski definition) is 4. The molecule has 0 radical (unpaired) electrons. The first-order valence-electron chi connectivity index (χ1n) is 7.00. The maximum Gasteiger partial charge on any atom is 0.252 e. The average Bonchev–Trinajstić information content (AvgIpc) is 3.06. The summed E-state index contributed by atoms with van der Waals surface area (Å²) in [5.41, 5.74) is 1.17. The fourth-order valence-corrected chi connectivity index (χ4v) is 2.53. The molecule has 1 fully saturated rings. The van der Waals surface area contributed by atoms with Crippen LogP contribution in [-0.4, -0.2) is 46.3 Å². The highest BCUT2D eigenvalue weighted by Gasteiger charge is 2.19. The maximum atomic E-state index is 12.2. The zero-order chi connectivity index (χ0) is 14.7. The van der Waals surface area contributed by atoms with E-state index in [0.29, 0.717) is 11.1 Å². The lowest BCUT2D eigenvalue weighted by molar-refractivity contribution is -0.129. The molecule has 108 valence electrons. The quantitative estimate of drug-likeness (QED) is 0.911. The van der Waals surface area contributed by atoms with Crippen LogP contribution in [0.25, 0.3) is 10.9 Å². The van der Waals surface area contributed by atoms with Crippen LogP contribution in [0.15, 0.2) is 30.7 Å². The molecule has 0 aliphatic carbocycles. The third-order valence-corrected chi connectivity index (χ3v) is 3.65. The number of carbonyl (C=O) groups is 2. The third-order valence-electron chi connectivity index (χ3n) is 3.65. The summed E-state index contributed by atoms with van der Waals surface area (Å²) in [5.74, 6) is -0.290. The fourth-order valence-electron chi connectivity index (χ4n) is 2.53. The van der Waals surface area contributed by atoms with Crippen molar-refractivity contribution in [2.24, 2.45) is 0 Å². The highest BCUT2D eigenvalue weighted by atomic mass is 16.2. The molecule has 21 heavy (non-hydrogen) atoms. The van der Waals surface area contributed by atoms with Crippen LogP contribution in [0.1, 0.15) is 23.2 Å². The van der Waals surface area contributed by atoms with E-state index in [4.69, 9.17) is 0 Å². The maximum absolute atomic E-state index is 12.2. The first-order chi connectivity index (χ1) is 10.3. The second kappa shape index (κ2) is 5.87. The molecule has 1 N–H and O–H groups in total. The van der Waals surface area contributed by atoms with E-state index in [1.807, 2.05) is 0 Å². The number of rotatable bonds is 3. The molecular weight excluding hydrogens is 268 g/mol. The summed E-state index contributed by atoms with van der Waals surface area (Å²) >= 11 is 0. The van der Waals surface area contributed by atoms with Crippen molar-refractivity contribution in [1.29, 1.82) is 0 Å². The predicted molar refractivity (Wildman–Crippen MR) is 77.7 cm³/mol. The van der Waals surface area contributed by atoms with Crippen LogP contribution >= 0.6 is 0 Å². The van der Waals surface area contributed by atoms with Gasteiger partial charge in [-0.3, -0.25) is 19.6 Å². The molecule has 2 aromatic rings. The first-order valence-corrected chi connectivity index (χ1v) is 7.00. The van der Waals surface area contributed by atoms with E-state index in [1.54, 1.807) is 35.6 Å². The summed E-state index contributed by atoms with van der Waals surface area (Å²) in [7, 11) is 0. The van der Waals surface area contributed by atoms with Gasteiger partial charge in [0.15, 0.2) is 0 Å². The molecule has 0 spiro atoms. The van der Waals surface area contributed by atoms with Gasteiger partial charge in [0.1, 0.15) is 0 Å². The summed E-state index contributed by atoms with van der Waals surface area (Å²) < 4.78 is 0. The van der Waals surface area contributed by atoms with Crippen molar-refractivity contribution in [3.05, 3.63) is 36.3 Å². The van der Waals surface area contributed by atoms with Gasteiger partial charge in [0, 0.05) is 30.9 Å². The van der Waals surface area contributed by atoms with Crippen LogP contribution < -0.4 is 5.32 Å². The Kier molecular flexibility index (Phi) is 3.77. The fraction of sp³-hybridized carbons (Fsp3) is 0.333. The van der Waals surface area contributed by atoms with E-state index in [0.717, 1.165) is 31.3 Å². The minimum absolute atomic E-state index is 0.0270. The largest absolute Gasteiger partial charge is 0.343 e. The van der Waals surface area contributed by atoms with Gasteiger partial charge >= 0.3 is 0 Å². The van der Waals surface area contributed by atoms with Crippen LogP contribution in [0.5, 0.6) is 0 Å². The van der Waals surface area contributed by atoms with Gasteiger partial charge < -0.3 is 10.2 Å².